The number of rotatable bonds is 5. The van der Waals surface area contributed by atoms with E-state index in [2.05, 4.69) is 5.32 Å². The second-order valence-corrected chi connectivity index (χ2v) is 5.38. The largest absolute Gasteiger partial charge is 0.480 e. The van der Waals surface area contributed by atoms with Crippen molar-refractivity contribution in [2.24, 2.45) is 5.92 Å². The van der Waals surface area contributed by atoms with Gasteiger partial charge in [-0.3, -0.25) is 9.69 Å². The Bertz CT molecular complexity index is 503. The summed E-state index contributed by atoms with van der Waals surface area (Å²) < 4.78 is 0. The van der Waals surface area contributed by atoms with Crippen molar-refractivity contribution in [2.75, 3.05) is 18.0 Å². The fraction of sp³-hybridized carbons (Fsp3) is 0.429. The van der Waals surface area contributed by atoms with Gasteiger partial charge in [-0.1, -0.05) is 24.1 Å². The molecule has 5 nitrogen and oxygen atoms in total. The fourth-order valence-corrected chi connectivity index (χ4v) is 2.27. The predicted octanol–water partition coefficient (Wildman–Crippen LogP) is 2.74. The van der Waals surface area contributed by atoms with E-state index in [0.717, 1.165) is 12.8 Å². The van der Waals surface area contributed by atoms with Crippen LogP contribution in [-0.4, -0.2) is 30.2 Å². The number of benzene rings is 1. The first-order chi connectivity index (χ1) is 9.56. The summed E-state index contributed by atoms with van der Waals surface area (Å²) in [5.74, 6) is -0.547. The maximum absolute atomic E-state index is 12.1. The molecule has 0 spiro atoms. The van der Waals surface area contributed by atoms with Crippen LogP contribution < -0.4 is 10.2 Å². The van der Waals surface area contributed by atoms with Gasteiger partial charge in [0.2, 0.25) is 0 Å². The average molecular weight is 297 g/mol. The highest BCUT2D eigenvalue weighted by molar-refractivity contribution is 6.30. The van der Waals surface area contributed by atoms with Gasteiger partial charge in [-0.15, -0.1) is 0 Å². The molecule has 1 aromatic carbocycles. The first-order valence-corrected chi connectivity index (χ1v) is 6.97. The molecule has 0 bridgehead atoms. The van der Waals surface area contributed by atoms with E-state index in [1.807, 2.05) is 0 Å². The number of carbonyl (C=O) groups excluding carboxylic acids is 1. The van der Waals surface area contributed by atoms with Crippen LogP contribution >= 0.6 is 11.6 Å². The summed E-state index contributed by atoms with van der Waals surface area (Å²) in [5.41, 5.74) is 0.478. The summed E-state index contributed by atoms with van der Waals surface area (Å²) in [6.45, 7) is 0.201. The monoisotopic (exact) mass is 296 g/mol. The molecule has 0 saturated heterocycles. The number of urea groups is 1. The third-order valence-electron chi connectivity index (χ3n) is 3.43. The minimum atomic E-state index is -1.07. The van der Waals surface area contributed by atoms with E-state index in [4.69, 9.17) is 16.7 Å². The molecular formula is C14H17ClN2O3. The Morgan fingerprint density at radius 3 is 2.70 bits per heavy atom. The smallest absolute Gasteiger partial charge is 0.323 e. The number of halogens is 1. The third-order valence-corrected chi connectivity index (χ3v) is 3.66. The standard InChI is InChI=1S/C14H17ClN2O3/c15-11-5-2-6-12(7-11)17(9-13(18)19)14(20)16-8-10-3-1-4-10/h2,5-7,10H,1,3-4,8-9H2,(H,16,20)(H,18,19). The van der Waals surface area contributed by atoms with Crippen LogP contribution in [0.3, 0.4) is 0 Å². The van der Waals surface area contributed by atoms with Crippen LogP contribution in [0.2, 0.25) is 5.02 Å². The molecule has 2 N–H and O–H groups in total. The van der Waals surface area contributed by atoms with Gasteiger partial charge >= 0.3 is 12.0 Å². The van der Waals surface area contributed by atoms with E-state index in [1.54, 1.807) is 24.3 Å². The molecule has 1 fully saturated rings. The lowest BCUT2D eigenvalue weighted by Crippen LogP contribution is -2.45. The molecule has 108 valence electrons. The zero-order chi connectivity index (χ0) is 14.5. The molecule has 0 radical (unpaired) electrons. The molecule has 0 heterocycles. The maximum Gasteiger partial charge on any atom is 0.323 e. The van der Waals surface area contributed by atoms with Gasteiger partial charge in [-0.2, -0.15) is 0 Å². The summed E-state index contributed by atoms with van der Waals surface area (Å²) in [4.78, 5) is 24.3. The van der Waals surface area contributed by atoms with Crippen LogP contribution in [0.1, 0.15) is 19.3 Å². The lowest BCUT2D eigenvalue weighted by Gasteiger charge is -2.27. The van der Waals surface area contributed by atoms with Gasteiger partial charge in [0.1, 0.15) is 6.54 Å². The molecule has 2 amide bonds. The van der Waals surface area contributed by atoms with Crippen LogP contribution in [0.5, 0.6) is 0 Å². The zero-order valence-corrected chi connectivity index (χ0v) is 11.8. The number of anilines is 1. The van der Waals surface area contributed by atoms with E-state index in [1.165, 1.54) is 11.3 Å². The molecule has 0 aliphatic heterocycles. The van der Waals surface area contributed by atoms with Crippen molar-refractivity contribution in [3.8, 4) is 0 Å². The molecule has 1 aliphatic rings. The van der Waals surface area contributed by atoms with Crippen molar-refractivity contribution in [2.45, 2.75) is 19.3 Å². The number of hydrogen-bond acceptors (Lipinski definition) is 2. The van der Waals surface area contributed by atoms with Gasteiger partial charge in [0.05, 0.1) is 0 Å². The van der Waals surface area contributed by atoms with Crippen LogP contribution in [0.4, 0.5) is 10.5 Å². The van der Waals surface area contributed by atoms with E-state index >= 15 is 0 Å². The zero-order valence-electron chi connectivity index (χ0n) is 11.0. The lowest BCUT2D eigenvalue weighted by atomic mass is 9.85. The van der Waals surface area contributed by atoms with Crippen LogP contribution in [-0.2, 0) is 4.79 Å². The van der Waals surface area contributed by atoms with Gasteiger partial charge in [-0.05, 0) is 37.0 Å². The Balaban J connectivity index is 2.05. The molecule has 2 rings (SSSR count). The van der Waals surface area contributed by atoms with Crippen molar-refractivity contribution in [1.82, 2.24) is 5.32 Å². The van der Waals surface area contributed by atoms with E-state index in [-0.39, 0.29) is 0 Å². The van der Waals surface area contributed by atoms with Crippen molar-refractivity contribution in [3.05, 3.63) is 29.3 Å². The van der Waals surface area contributed by atoms with Gasteiger partial charge in [0, 0.05) is 17.3 Å². The Kier molecular flexibility index (Phi) is 4.84. The van der Waals surface area contributed by atoms with E-state index < -0.39 is 18.5 Å². The van der Waals surface area contributed by atoms with Gasteiger partial charge in [-0.25, -0.2) is 4.79 Å². The summed E-state index contributed by atoms with van der Waals surface area (Å²) in [7, 11) is 0. The molecule has 1 aromatic rings. The second kappa shape index (κ2) is 6.61. The first-order valence-electron chi connectivity index (χ1n) is 6.59. The molecular weight excluding hydrogens is 280 g/mol. The van der Waals surface area contributed by atoms with Crippen LogP contribution in [0.15, 0.2) is 24.3 Å². The predicted molar refractivity (Wildman–Crippen MR) is 77.2 cm³/mol. The third kappa shape index (κ3) is 3.87. The summed E-state index contributed by atoms with van der Waals surface area (Å²) in [6.07, 6.45) is 3.44. The van der Waals surface area contributed by atoms with Crippen molar-refractivity contribution in [3.63, 3.8) is 0 Å². The summed E-state index contributed by atoms with van der Waals surface area (Å²) >= 11 is 5.88. The highest BCUT2D eigenvalue weighted by atomic mass is 35.5. The van der Waals surface area contributed by atoms with Gasteiger partial charge < -0.3 is 10.4 Å². The topological polar surface area (TPSA) is 69.6 Å². The number of nitrogens with zero attached hydrogens (tertiary/aromatic N) is 1. The molecule has 20 heavy (non-hydrogen) atoms. The average Bonchev–Trinajstić information content (AvgIpc) is 2.33. The Morgan fingerprint density at radius 1 is 1.40 bits per heavy atom. The lowest BCUT2D eigenvalue weighted by molar-refractivity contribution is -0.135. The summed E-state index contributed by atoms with van der Waals surface area (Å²) in [6, 6.07) is 6.20. The summed E-state index contributed by atoms with van der Waals surface area (Å²) in [5, 5.41) is 12.2. The Morgan fingerprint density at radius 2 is 2.15 bits per heavy atom. The molecule has 0 aromatic heterocycles. The fourth-order valence-electron chi connectivity index (χ4n) is 2.08. The van der Waals surface area contributed by atoms with E-state index in [9.17, 15) is 9.59 Å². The number of carbonyl (C=O) groups is 2. The molecule has 1 aliphatic carbocycles. The highest BCUT2D eigenvalue weighted by Crippen LogP contribution is 2.25. The van der Waals surface area contributed by atoms with Gasteiger partial charge in [0.15, 0.2) is 0 Å². The molecule has 1 saturated carbocycles. The van der Waals surface area contributed by atoms with Crippen molar-refractivity contribution in [1.29, 1.82) is 0 Å². The minimum absolute atomic E-state index is 0.392. The normalized spacial score (nSPS) is 14.4. The number of carboxylic acid groups (broad SMARTS) is 1. The van der Waals surface area contributed by atoms with Crippen molar-refractivity contribution < 1.29 is 14.7 Å². The minimum Gasteiger partial charge on any atom is -0.480 e. The van der Waals surface area contributed by atoms with Crippen LogP contribution in [0, 0.1) is 5.92 Å². The van der Waals surface area contributed by atoms with Crippen molar-refractivity contribution >= 4 is 29.3 Å². The first kappa shape index (κ1) is 14.7. The molecule has 6 heteroatoms. The SMILES string of the molecule is O=C(O)CN(C(=O)NCC1CCC1)c1cccc(Cl)c1. The number of amides is 2. The number of hydrogen-bond donors (Lipinski definition) is 2. The highest BCUT2D eigenvalue weighted by Gasteiger charge is 2.22. The number of nitrogens with one attached hydrogen (secondary N) is 1. The molecule has 0 unspecified atom stereocenters. The second-order valence-electron chi connectivity index (χ2n) is 4.94. The quantitative estimate of drug-likeness (QED) is 0.878. The maximum atomic E-state index is 12.1. The molecule has 0 atom stereocenters. The number of aliphatic carboxylic acids is 1. The number of carboxylic acids is 1. The van der Waals surface area contributed by atoms with Crippen LogP contribution in [0.25, 0.3) is 0 Å². The Hall–Kier alpha value is -1.75. The van der Waals surface area contributed by atoms with E-state index in [0.29, 0.717) is 23.2 Å². The van der Waals surface area contributed by atoms with Gasteiger partial charge in [0.25, 0.3) is 0 Å². The Labute approximate surface area is 122 Å².